The molecular weight excluding hydrogens is 315 g/mol. The third-order valence-electron chi connectivity index (χ3n) is 4.56. The quantitative estimate of drug-likeness (QED) is 0.472. The van der Waals surface area contributed by atoms with Crippen molar-refractivity contribution in [2.75, 3.05) is 0 Å². The van der Waals surface area contributed by atoms with Gasteiger partial charge in [0.2, 0.25) is 0 Å². The zero-order valence-electron chi connectivity index (χ0n) is 12.0. The van der Waals surface area contributed by atoms with E-state index in [-0.39, 0.29) is 31.3 Å². The maximum atomic E-state index is 12.3. The van der Waals surface area contributed by atoms with Crippen LogP contribution < -0.4 is 4.46 Å². The van der Waals surface area contributed by atoms with E-state index in [1.807, 2.05) is 18.2 Å². The summed E-state index contributed by atoms with van der Waals surface area (Å²) in [5, 5.41) is 0. The van der Waals surface area contributed by atoms with Gasteiger partial charge in [-0.1, -0.05) is 0 Å². The van der Waals surface area contributed by atoms with Gasteiger partial charge in [0.1, 0.15) is 0 Å². The van der Waals surface area contributed by atoms with Crippen LogP contribution in [0.1, 0.15) is 33.1 Å². The van der Waals surface area contributed by atoms with E-state index in [0.717, 1.165) is 19.3 Å². The minimum atomic E-state index is -0.224. The van der Waals surface area contributed by atoms with Crippen LogP contribution in [0.25, 0.3) is 0 Å². The van der Waals surface area contributed by atoms with Crippen LogP contribution >= 0.6 is 0 Å². The van der Waals surface area contributed by atoms with Crippen LogP contribution in [0.5, 0.6) is 0 Å². The van der Waals surface area contributed by atoms with Gasteiger partial charge in [-0.15, -0.1) is 0 Å². The van der Waals surface area contributed by atoms with Gasteiger partial charge in [0, 0.05) is 0 Å². The molecule has 106 valence electrons. The fraction of sp³-hybridized carbons (Fsp3) is 0.471. The Labute approximate surface area is 126 Å². The first-order valence-electron chi connectivity index (χ1n) is 7.21. The molecule has 0 unspecified atom stereocenters. The molecule has 0 radical (unpaired) electrons. The monoisotopic (exact) mass is 336 g/mol. The first-order valence-corrected chi connectivity index (χ1v) is 9.05. The van der Waals surface area contributed by atoms with Gasteiger partial charge < -0.3 is 0 Å². The van der Waals surface area contributed by atoms with Crippen LogP contribution in [0.2, 0.25) is 4.82 Å². The maximum absolute atomic E-state index is 12.3. The van der Waals surface area contributed by atoms with E-state index in [9.17, 15) is 4.79 Å². The number of hydrogen-bond donors (Lipinski definition) is 0. The molecule has 1 aliphatic carbocycles. The molecule has 0 bridgehead atoms. The van der Waals surface area contributed by atoms with Gasteiger partial charge in [-0.3, -0.25) is 0 Å². The normalized spacial score (nSPS) is 33.1. The van der Waals surface area contributed by atoms with E-state index < -0.39 is 0 Å². The zero-order valence-corrected chi connectivity index (χ0v) is 13.7. The summed E-state index contributed by atoms with van der Waals surface area (Å²) in [6.07, 6.45) is 5.20. The van der Waals surface area contributed by atoms with Crippen LogP contribution in [0.4, 0.5) is 0 Å². The Morgan fingerprint density at radius 1 is 1.30 bits per heavy atom. The fourth-order valence-electron chi connectivity index (χ4n) is 3.09. The molecule has 1 aromatic rings. The van der Waals surface area contributed by atoms with Gasteiger partial charge in [0.25, 0.3) is 0 Å². The molecule has 20 heavy (non-hydrogen) atoms. The Kier molecular flexibility index (Phi) is 3.74. The summed E-state index contributed by atoms with van der Waals surface area (Å²) in [4.78, 5) is 12.4. The molecule has 3 atom stereocenters. The van der Waals surface area contributed by atoms with Crippen molar-refractivity contribution in [3.05, 3.63) is 42.0 Å². The van der Waals surface area contributed by atoms with Gasteiger partial charge >= 0.3 is 126 Å². The number of rotatable bonds is 2. The zero-order chi connectivity index (χ0) is 14.2. The van der Waals surface area contributed by atoms with Crippen LogP contribution in [-0.4, -0.2) is 26.5 Å². The molecule has 2 aliphatic rings. The van der Waals surface area contributed by atoms with Crippen molar-refractivity contribution >= 4 is 25.4 Å². The molecule has 0 aromatic heterocycles. The molecule has 1 saturated heterocycles. The van der Waals surface area contributed by atoms with Crippen molar-refractivity contribution in [1.82, 2.24) is 0 Å². The third kappa shape index (κ3) is 2.45. The Hall–Kier alpha value is -1.05. The van der Waals surface area contributed by atoms with Crippen LogP contribution in [0, 0.1) is 5.92 Å². The number of ether oxygens (including phenoxy) is 1. The second-order valence-corrected chi connectivity index (χ2v) is 8.43. The minimum absolute atomic E-state index is 0.0225. The third-order valence-corrected chi connectivity index (χ3v) is 7.50. The molecule has 0 saturated carbocycles. The van der Waals surface area contributed by atoms with Gasteiger partial charge in [-0.2, -0.15) is 0 Å². The summed E-state index contributed by atoms with van der Waals surface area (Å²) in [6.45, 7) is 4.37. The second-order valence-electron chi connectivity index (χ2n) is 5.88. The summed E-state index contributed by atoms with van der Waals surface area (Å²) < 4.78 is 7.15. The summed E-state index contributed by atoms with van der Waals surface area (Å²) in [5.41, 5.74) is 1.20. The Bertz CT molecular complexity index is 537. The van der Waals surface area contributed by atoms with Crippen molar-refractivity contribution in [3.8, 4) is 0 Å². The summed E-state index contributed by atoms with van der Waals surface area (Å²) in [7, 11) is 0. The SMILES string of the molecule is CC1=CC[C@@]2(CC1)OC(=O)[C@H]([Se]c1ccccc1)[C@H]2C. The van der Waals surface area contributed by atoms with Crippen molar-refractivity contribution in [3.63, 3.8) is 0 Å². The number of benzene rings is 1. The topological polar surface area (TPSA) is 26.3 Å². The second kappa shape index (κ2) is 5.38. The van der Waals surface area contributed by atoms with E-state index in [2.05, 4.69) is 32.1 Å². The van der Waals surface area contributed by atoms with E-state index >= 15 is 0 Å². The average molecular weight is 335 g/mol. The van der Waals surface area contributed by atoms with E-state index in [1.165, 1.54) is 10.0 Å². The number of hydrogen-bond acceptors (Lipinski definition) is 2. The first-order chi connectivity index (χ1) is 9.61. The predicted octanol–water partition coefficient (Wildman–Crippen LogP) is 2.87. The fourth-order valence-corrected chi connectivity index (χ4v) is 5.62. The molecule has 1 heterocycles. The van der Waals surface area contributed by atoms with Crippen molar-refractivity contribution in [1.29, 1.82) is 0 Å². The number of esters is 1. The summed E-state index contributed by atoms with van der Waals surface area (Å²) in [6, 6.07) is 10.4. The number of carbonyl (C=O) groups excluding carboxylic acids is 1. The standard InChI is InChI=1S/C17H20O2Se/c1-12-8-10-17(11-9-12)13(2)15(16(18)19-17)20-14-6-4-3-5-7-14/h3-8,13,15H,9-11H2,1-2H3/t13-,15-,17+/m1/s1. The molecule has 0 N–H and O–H groups in total. The molecular formula is C17H20O2Se. The summed E-state index contributed by atoms with van der Waals surface area (Å²) >= 11 is 0.164. The molecule has 1 spiro atoms. The molecule has 0 amide bonds. The van der Waals surface area contributed by atoms with Gasteiger partial charge in [0.15, 0.2) is 0 Å². The number of carbonyl (C=O) groups is 1. The van der Waals surface area contributed by atoms with Crippen molar-refractivity contribution in [2.45, 2.75) is 43.5 Å². The molecule has 2 nitrogen and oxygen atoms in total. The van der Waals surface area contributed by atoms with Crippen molar-refractivity contribution < 1.29 is 9.53 Å². The first kappa shape index (κ1) is 13.9. The average Bonchev–Trinajstić information content (AvgIpc) is 2.68. The van der Waals surface area contributed by atoms with E-state index in [0.29, 0.717) is 5.92 Å². The molecule has 3 rings (SSSR count). The molecule has 1 aromatic carbocycles. The van der Waals surface area contributed by atoms with Gasteiger partial charge in [0.05, 0.1) is 0 Å². The Morgan fingerprint density at radius 2 is 2.05 bits per heavy atom. The van der Waals surface area contributed by atoms with Crippen LogP contribution in [0.15, 0.2) is 42.0 Å². The predicted molar refractivity (Wildman–Crippen MR) is 81.2 cm³/mol. The van der Waals surface area contributed by atoms with Gasteiger partial charge in [-0.25, -0.2) is 0 Å². The van der Waals surface area contributed by atoms with Gasteiger partial charge in [-0.05, 0) is 0 Å². The molecule has 1 fully saturated rings. The van der Waals surface area contributed by atoms with E-state index in [1.54, 1.807) is 0 Å². The van der Waals surface area contributed by atoms with E-state index in [4.69, 9.17) is 4.74 Å². The molecule has 3 heteroatoms. The Morgan fingerprint density at radius 3 is 2.70 bits per heavy atom. The van der Waals surface area contributed by atoms with Crippen molar-refractivity contribution in [2.24, 2.45) is 5.92 Å². The summed E-state index contributed by atoms with van der Waals surface area (Å²) in [5.74, 6) is 0.342. The van der Waals surface area contributed by atoms with Crippen LogP contribution in [-0.2, 0) is 9.53 Å². The Balaban J connectivity index is 1.79. The van der Waals surface area contributed by atoms with Crippen LogP contribution in [0.3, 0.4) is 0 Å². The molecule has 1 aliphatic heterocycles. The number of allylic oxidation sites excluding steroid dienone is 1.